The summed E-state index contributed by atoms with van der Waals surface area (Å²) in [5.74, 6) is -0.752. The first kappa shape index (κ1) is 13.2. The van der Waals surface area contributed by atoms with Crippen molar-refractivity contribution in [1.82, 2.24) is 14.8 Å². The van der Waals surface area contributed by atoms with Crippen LogP contribution >= 0.6 is 0 Å². The lowest BCUT2D eigenvalue weighted by molar-refractivity contribution is -0.394. The van der Waals surface area contributed by atoms with Crippen LogP contribution in [0.3, 0.4) is 0 Å². The summed E-state index contributed by atoms with van der Waals surface area (Å²) in [5, 5.41) is 14.0. The van der Waals surface area contributed by atoms with Gasteiger partial charge < -0.3 is 14.9 Å². The molecule has 0 saturated carbocycles. The number of allylic oxidation sites excluding steroid dienone is 2. The Balaban J connectivity index is 1.74. The van der Waals surface area contributed by atoms with Crippen LogP contribution < -0.4 is 0 Å². The fourth-order valence-electron chi connectivity index (χ4n) is 1.84. The van der Waals surface area contributed by atoms with Gasteiger partial charge in [-0.15, -0.1) is 0 Å². The molecule has 19 heavy (non-hydrogen) atoms. The smallest absolute Gasteiger partial charge is 0.463 e. The van der Waals surface area contributed by atoms with Gasteiger partial charge in [0.2, 0.25) is 6.33 Å². The van der Waals surface area contributed by atoms with Crippen LogP contribution in [0.5, 0.6) is 0 Å². The van der Waals surface area contributed by atoms with Crippen LogP contribution in [0, 0.1) is 16.0 Å². The molecule has 0 bridgehead atoms. The largest absolute Gasteiger partial charge is 0.490 e. The van der Waals surface area contributed by atoms with E-state index in [0.29, 0.717) is 6.42 Å². The van der Waals surface area contributed by atoms with E-state index in [1.165, 1.54) is 11.0 Å². The maximum atomic E-state index is 11.7. The Morgan fingerprint density at radius 2 is 2.42 bits per heavy atom. The third-order valence-electron chi connectivity index (χ3n) is 2.85. The Morgan fingerprint density at radius 1 is 1.58 bits per heavy atom. The summed E-state index contributed by atoms with van der Waals surface area (Å²) in [6, 6.07) is 0. The van der Waals surface area contributed by atoms with Crippen LogP contribution in [-0.4, -0.2) is 32.3 Å². The molecule has 0 amide bonds. The molecule has 0 spiro atoms. The van der Waals surface area contributed by atoms with E-state index in [9.17, 15) is 14.9 Å². The van der Waals surface area contributed by atoms with Crippen molar-refractivity contribution in [3.8, 4) is 0 Å². The quantitative estimate of drug-likeness (QED) is 0.342. The Morgan fingerprint density at radius 3 is 3.05 bits per heavy atom. The monoisotopic (exact) mass is 266 g/mol. The highest BCUT2D eigenvalue weighted by Gasteiger charge is 2.20. The molecular formula is C11H14N4O4. The second kappa shape index (κ2) is 6.07. The van der Waals surface area contributed by atoms with Gasteiger partial charge in [0.25, 0.3) is 0 Å². The van der Waals surface area contributed by atoms with Crippen molar-refractivity contribution in [2.45, 2.75) is 25.8 Å². The molecule has 0 saturated heterocycles. The molecule has 0 N–H and O–H groups in total. The van der Waals surface area contributed by atoms with Crippen molar-refractivity contribution in [3.63, 3.8) is 0 Å². The van der Waals surface area contributed by atoms with Crippen LogP contribution in [0.4, 0.5) is 5.95 Å². The van der Waals surface area contributed by atoms with Crippen LogP contribution in [0.2, 0.25) is 0 Å². The van der Waals surface area contributed by atoms with Crippen LogP contribution in [0.25, 0.3) is 0 Å². The summed E-state index contributed by atoms with van der Waals surface area (Å²) in [7, 11) is 0. The molecule has 8 nitrogen and oxygen atoms in total. The summed E-state index contributed by atoms with van der Waals surface area (Å²) in [6.45, 7) is 0.398. The zero-order valence-electron chi connectivity index (χ0n) is 10.3. The van der Waals surface area contributed by atoms with Crippen molar-refractivity contribution >= 4 is 11.9 Å². The average molecular weight is 266 g/mol. The van der Waals surface area contributed by atoms with E-state index in [1.54, 1.807) is 0 Å². The third-order valence-corrected chi connectivity index (χ3v) is 2.85. The number of aromatic nitrogens is 3. The van der Waals surface area contributed by atoms with E-state index < -0.39 is 10.9 Å². The minimum Gasteiger partial charge on any atom is -0.463 e. The van der Waals surface area contributed by atoms with Gasteiger partial charge in [0.15, 0.2) is 0 Å². The number of rotatable bonds is 5. The maximum Gasteiger partial charge on any atom is 0.490 e. The van der Waals surface area contributed by atoms with E-state index in [4.69, 9.17) is 4.74 Å². The molecular weight excluding hydrogens is 252 g/mol. The van der Waals surface area contributed by atoms with Gasteiger partial charge in [-0.3, -0.25) is 4.79 Å². The zero-order chi connectivity index (χ0) is 13.7. The Labute approximate surface area is 109 Å². The number of ether oxygens (including phenoxy) is 1. The minimum absolute atomic E-state index is 0.0740. The molecule has 1 aromatic heterocycles. The van der Waals surface area contributed by atoms with Gasteiger partial charge in [0.1, 0.15) is 6.61 Å². The standard InChI is InChI=1S/C11H14N4O4/c16-10(9-4-2-1-3-5-9)19-7-6-14-8-12-11(13-14)15(17)18/h1-2,8-9H,3-7H2/t9-/m0/s1. The summed E-state index contributed by atoms with van der Waals surface area (Å²) in [5.41, 5.74) is 0. The van der Waals surface area contributed by atoms with E-state index in [1.807, 2.05) is 6.08 Å². The number of esters is 1. The second-order valence-corrected chi connectivity index (χ2v) is 4.21. The molecule has 2 rings (SSSR count). The van der Waals surface area contributed by atoms with Gasteiger partial charge in [-0.1, -0.05) is 17.1 Å². The lowest BCUT2D eigenvalue weighted by Gasteiger charge is -2.15. The van der Waals surface area contributed by atoms with Gasteiger partial charge >= 0.3 is 11.9 Å². The first-order valence-electron chi connectivity index (χ1n) is 6.02. The van der Waals surface area contributed by atoms with Gasteiger partial charge in [-0.05, 0) is 24.2 Å². The maximum absolute atomic E-state index is 11.7. The lowest BCUT2D eigenvalue weighted by Crippen LogP contribution is -2.20. The molecule has 1 atom stereocenters. The van der Waals surface area contributed by atoms with Crippen LogP contribution in [-0.2, 0) is 16.1 Å². The zero-order valence-corrected chi connectivity index (χ0v) is 10.3. The molecule has 1 aliphatic carbocycles. The van der Waals surface area contributed by atoms with Crippen molar-refractivity contribution in [3.05, 3.63) is 28.6 Å². The van der Waals surface area contributed by atoms with Crippen LogP contribution in [0.1, 0.15) is 19.3 Å². The van der Waals surface area contributed by atoms with Crippen molar-refractivity contribution < 1.29 is 14.5 Å². The van der Waals surface area contributed by atoms with Crippen molar-refractivity contribution in [2.75, 3.05) is 6.61 Å². The topological polar surface area (TPSA) is 100 Å². The number of hydrogen-bond acceptors (Lipinski definition) is 6. The van der Waals surface area contributed by atoms with Crippen molar-refractivity contribution in [1.29, 1.82) is 0 Å². The number of hydrogen-bond donors (Lipinski definition) is 0. The van der Waals surface area contributed by atoms with Gasteiger partial charge in [-0.25, -0.2) is 0 Å². The number of nitrogens with zero attached hydrogens (tertiary/aromatic N) is 4. The number of nitro groups is 1. The first-order chi connectivity index (χ1) is 9.16. The highest BCUT2D eigenvalue weighted by atomic mass is 16.6. The van der Waals surface area contributed by atoms with Gasteiger partial charge in [0, 0.05) is 5.10 Å². The molecule has 0 fully saturated rings. The molecule has 0 aliphatic heterocycles. The first-order valence-corrected chi connectivity index (χ1v) is 6.02. The SMILES string of the molecule is O=C(OCCn1cnc([N+](=O)[O-])n1)[C@H]1CC=CCC1. The third kappa shape index (κ3) is 3.60. The van der Waals surface area contributed by atoms with E-state index >= 15 is 0 Å². The van der Waals surface area contributed by atoms with Gasteiger partial charge in [0.05, 0.1) is 12.5 Å². The fraction of sp³-hybridized carbons (Fsp3) is 0.545. The molecule has 0 unspecified atom stereocenters. The fourth-order valence-corrected chi connectivity index (χ4v) is 1.84. The number of carbonyl (C=O) groups is 1. The molecule has 1 heterocycles. The predicted octanol–water partition coefficient (Wildman–Crippen LogP) is 1.09. The molecule has 8 heteroatoms. The second-order valence-electron chi connectivity index (χ2n) is 4.21. The molecule has 102 valence electrons. The molecule has 1 aromatic rings. The highest BCUT2D eigenvalue weighted by molar-refractivity contribution is 5.72. The van der Waals surface area contributed by atoms with E-state index in [2.05, 4.69) is 16.2 Å². The van der Waals surface area contributed by atoms with E-state index in [-0.39, 0.29) is 25.0 Å². The Kier molecular flexibility index (Phi) is 4.22. The van der Waals surface area contributed by atoms with Crippen molar-refractivity contribution in [2.24, 2.45) is 5.92 Å². The molecule has 0 aromatic carbocycles. The van der Waals surface area contributed by atoms with E-state index in [0.717, 1.165) is 12.8 Å². The Hall–Kier alpha value is -2.25. The minimum atomic E-state index is -0.670. The predicted molar refractivity (Wildman–Crippen MR) is 64.1 cm³/mol. The highest BCUT2D eigenvalue weighted by Crippen LogP contribution is 2.19. The number of carbonyl (C=O) groups excluding carboxylic acids is 1. The summed E-state index contributed by atoms with van der Waals surface area (Å²) in [4.78, 5) is 24.9. The normalized spacial score (nSPS) is 18.2. The molecule has 1 aliphatic rings. The average Bonchev–Trinajstić information content (AvgIpc) is 2.89. The summed E-state index contributed by atoms with van der Waals surface area (Å²) >= 11 is 0. The molecule has 0 radical (unpaired) electrons. The van der Waals surface area contributed by atoms with Gasteiger partial charge in [-0.2, -0.15) is 4.68 Å². The Bertz CT molecular complexity index is 497. The summed E-state index contributed by atoms with van der Waals surface area (Å²) < 4.78 is 6.41. The van der Waals surface area contributed by atoms with Crippen LogP contribution in [0.15, 0.2) is 18.5 Å². The lowest BCUT2D eigenvalue weighted by atomic mass is 9.95. The summed E-state index contributed by atoms with van der Waals surface area (Å²) in [6.07, 6.45) is 7.71.